The summed E-state index contributed by atoms with van der Waals surface area (Å²) in [6.07, 6.45) is 4.55. The third kappa shape index (κ3) is 5.01. The van der Waals surface area contributed by atoms with Crippen LogP contribution in [0.25, 0.3) is 0 Å². The van der Waals surface area contributed by atoms with Crippen LogP contribution in [0.3, 0.4) is 0 Å². The third-order valence-electron chi connectivity index (χ3n) is 5.17. The van der Waals surface area contributed by atoms with Gasteiger partial charge in [0.2, 0.25) is 0 Å². The van der Waals surface area contributed by atoms with E-state index in [1.807, 2.05) is 48.0 Å². The minimum atomic E-state index is -0.0976. The summed E-state index contributed by atoms with van der Waals surface area (Å²) in [5.41, 5.74) is 3.53. The first-order valence-corrected chi connectivity index (χ1v) is 11.9. The van der Waals surface area contributed by atoms with Gasteiger partial charge in [-0.25, -0.2) is 4.98 Å². The second kappa shape index (κ2) is 8.87. The van der Waals surface area contributed by atoms with Crippen molar-refractivity contribution >= 4 is 50.7 Å². The van der Waals surface area contributed by atoms with Crippen molar-refractivity contribution < 1.29 is 4.79 Å². The molecule has 0 spiro atoms. The largest absolute Gasteiger partial charge is 0.348 e. The molecular formula is C22H25IN4OS. The van der Waals surface area contributed by atoms with Gasteiger partial charge in [-0.1, -0.05) is 6.92 Å². The highest BCUT2D eigenvalue weighted by atomic mass is 127. The van der Waals surface area contributed by atoms with E-state index in [0.29, 0.717) is 12.2 Å². The summed E-state index contributed by atoms with van der Waals surface area (Å²) in [6, 6.07) is 9.75. The van der Waals surface area contributed by atoms with Crippen LogP contribution in [0.5, 0.6) is 0 Å². The molecule has 1 fully saturated rings. The second-order valence-electron chi connectivity index (χ2n) is 7.81. The van der Waals surface area contributed by atoms with E-state index < -0.39 is 0 Å². The van der Waals surface area contributed by atoms with E-state index >= 15 is 0 Å². The van der Waals surface area contributed by atoms with Crippen LogP contribution in [0.1, 0.15) is 41.5 Å². The van der Waals surface area contributed by atoms with Crippen molar-refractivity contribution in [3.63, 3.8) is 0 Å². The van der Waals surface area contributed by atoms with Crippen LogP contribution in [0.15, 0.2) is 41.9 Å². The summed E-state index contributed by atoms with van der Waals surface area (Å²) in [7, 11) is 0. The van der Waals surface area contributed by atoms with Crippen LogP contribution in [0.2, 0.25) is 0 Å². The number of rotatable bonds is 5. The van der Waals surface area contributed by atoms with Crippen molar-refractivity contribution in [3.05, 3.63) is 62.4 Å². The molecule has 1 unspecified atom stereocenters. The maximum atomic E-state index is 12.9. The molecule has 2 aromatic heterocycles. The minimum Gasteiger partial charge on any atom is -0.348 e. The Bertz CT molecular complexity index is 995. The molecule has 3 heterocycles. The van der Waals surface area contributed by atoms with Gasteiger partial charge in [-0.3, -0.25) is 4.79 Å². The average molecular weight is 520 g/mol. The van der Waals surface area contributed by atoms with Crippen LogP contribution in [-0.4, -0.2) is 28.5 Å². The van der Waals surface area contributed by atoms with Gasteiger partial charge in [0.15, 0.2) is 5.13 Å². The fourth-order valence-electron chi connectivity index (χ4n) is 3.76. The number of hydrogen-bond acceptors (Lipinski definition) is 4. The van der Waals surface area contributed by atoms with Gasteiger partial charge in [-0.15, -0.1) is 11.3 Å². The molecule has 4 rings (SSSR count). The lowest BCUT2D eigenvalue weighted by Gasteiger charge is -2.30. The highest BCUT2D eigenvalue weighted by Crippen LogP contribution is 2.27. The standard InChI is InChI=1S/C22H25IN4OS/c1-15-4-3-9-26(11-15)22-25-19(14-29-22)13-27-12-16(2)10-20(27)21(28)24-18-7-5-17(23)6-8-18/h5-8,10,12,14-15H,3-4,9,11,13H2,1-2H3,(H,24,28). The molecular weight excluding hydrogens is 495 g/mol. The number of anilines is 2. The molecule has 1 N–H and O–H groups in total. The SMILES string of the molecule is Cc1cc(C(=O)Nc2ccc(I)cc2)n(Cc2csc(N3CCCC(C)C3)n2)c1. The number of nitrogens with one attached hydrogen (secondary N) is 1. The third-order valence-corrected chi connectivity index (χ3v) is 6.84. The molecule has 152 valence electrons. The number of amides is 1. The fraction of sp³-hybridized carbons (Fsp3) is 0.364. The van der Waals surface area contributed by atoms with Crippen LogP contribution in [0, 0.1) is 16.4 Å². The second-order valence-corrected chi connectivity index (χ2v) is 9.89. The number of benzene rings is 1. The number of piperidine rings is 1. The van der Waals surface area contributed by atoms with Crippen molar-refractivity contribution in [1.82, 2.24) is 9.55 Å². The molecule has 5 nitrogen and oxygen atoms in total. The maximum absolute atomic E-state index is 12.9. The van der Waals surface area contributed by atoms with Gasteiger partial charge in [-0.2, -0.15) is 0 Å². The lowest BCUT2D eigenvalue weighted by molar-refractivity contribution is 0.101. The number of carbonyl (C=O) groups excluding carboxylic acids is 1. The van der Waals surface area contributed by atoms with Crippen LogP contribution < -0.4 is 10.2 Å². The summed E-state index contributed by atoms with van der Waals surface area (Å²) in [6.45, 7) is 7.09. The molecule has 0 radical (unpaired) electrons. The summed E-state index contributed by atoms with van der Waals surface area (Å²) in [5, 5.41) is 6.21. The maximum Gasteiger partial charge on any atom is 0.272 e. The molecule has 0 aliphatic carbocycles. The first-order valence-electron chi connectivity index (χ1n) is 9.91. The Kier molecular flexibility index (Phi) is 6.24. The van der Waals surface area contributed by atoms with Crippen molar-refractivity contribution in [3.8, 4) is 0 Å². The Morgan fingerprint density at radius 1 is 1.34 bits per heavy atom. The monoisotopic (exact) mass is 520 g/mol. The van der Waals surface area contributed by atoms with E-state index in [-0.39, 0.29) is 5.91 Å². The van der Waals surface area contributed by atoms with Crippen molar-refractivity contribution in [1.29, 1.82) is 0 Å². The Hall–Kier alpha value is -1.87. The Labute approximate surface area is 189 Å². The predicted octanol–water partition coefficient (Wildman–Crippen LogP) is 5.39. The Balaban J connectivity index is 1.48. The molecule has 1 atom stereocenters. The summed E-state index contributed by atoms with van der Waals surface area (Å²) in [5.74, 6) is 0.624. The van der Waals surface area contributed by atoms with Crippen molar-refractivity contribution in [2.24, 2.45) is 5.92 Å². The number of nitrogens with zero attached hydrogens (tertiary/aromatic N) is 3. The summed E-state index contributed by atoms with van der Waals surface area (Å²) in [4.78, 5) is 20.1. The van der Waals surface area contributed by atoms with E-state index in [2.05, 4.69) is 45.1 Å². The highest BCUT2D eigenvalue weighted by molar-refractivity contribution is 14.1. The zero-order valence-electron chi connectivity index (χ0n) is 16.7. The summed E-state index contributed by atoms with van der Waals surface area (Å²) < 4.78 is 3.14. The zero-order chi connectivity index (χ0) is 20.4. The topological polar surface area (TPSA) is 50.2 Å². The van der Waals surface area contributed by atoms with Gasteiger partial charge in [-0.05, 0) is 84.2 Å². The van der Waals surface area contributed by atoms with E-state index in [1.165, 1.54) is 12.8 Å². The predicted molar refractivity (Wildman–Crippen MR) is 128 cm³/mol. The Morgan fingerprint density at radius 2 is 2.14 bits per heavy atom. The van der Waals surface area contributed by atoms with Gasteiger partial charge >= 0.3 is 0 Å². The lowest BCUT2D eigenvalue weighted by Crippen LogP contribution is -2.34. The van der Waals surface area contributed by atoms with E-state index in [4.69, 9.17) is 4.98 Å². The number of aryl methyl sites for hydroxylation is 1. The smallest absolute Gasteiger partial charge is 0.272 e. The average Bonchev–Trinajstić information content (AvgIpc) is 3.30. The molecule has 0 bridgehead atoms. The van der Waals surface area contributed by atoms with Crippen LogP contribution >= 0.6 is 33.9 Å². The molecule has 7 heteroatoms. The van der Waals surface area contributed by atoms with Gasteiger partial charge in [0, 0.05) is 33.9 Å². The van der Waals surface area contributed by atoms with Crippen molar-refractivity contribution in [2.45, 2.75) is 33.2 Å². The van der Waals surface area contributed by atoms with Gasteiger partial charge in [0.25, 0.3) is 5.91 Å². The number of thiazole rings is 1. The first-order chi connectivity index (χ1) is 14.0. The lowest BCUT2D eigenvalue weighted by atomic mass is 10.0. The van der Waals surface area contributed by atoms with E-state index in [1.54, 1.807) is 11.3 Å². The van der Waals surface area contributed by atoms with Gasteiger partial charge in [0.05, 0.1) is 12.2 Å². The number of halogens is 1. The molecule has 1 amide bonds. The number of carbonyl (C=O) groups is 1. The first kappa shape index (κ1) is 20.4. The van der Waals surface area contributed by atoms with E-state index in [9.17, 15) is 4.79 Å². The van der Waals surface area contributed by atoms with Crippen LogP contribution in [0.4, 0.5) is 10.8 Å². The molecule has 1 aromatic carbocycles. The quantitative estimate of drug-likeness (QED) is 0.459. The minimum absolute atomic E-state index is 0.0976. The van der Waals surface area contributed by atoms with E-state index in [0.717, 1.165) is 44.7 Å². The van der Waals surface area contributed by atoms with Crippen LogP contribution in [-0.2, 0) is 6.54 Å². The molecule has 0 saturated carbocycles. The fourth-order valence-corrected chi connectivity index (χ4v) is 4.97. The number of hydrogen-bond donors (Lipinski definition) is 1. The number of aromatic nitrogens is 2. The molecule has 3 aromatic rings. The summed E-state index contributed by atoms with van der Waals surface area (Å²) >= 11 is 3.96. The zero-order valence-corrected chi connectivity index (χ0v) is 19.7. The highest BCUT2D eigenvalue weighted by Gasteiger charge is 2.20. The molecule has 1 aliphatic heterocycles. The molecule has 29 heavy (non-hydrogen) atoms. The Morgan fingerprint density at radius 3 is 2.90 bits per heavy atom. The van der Waals surface area contributed by atoms with Gasteiger partial charge < -0.3 is 14.8 Å². The van der Waals surface area contributed by atoms with Crippen molar-refractivity contribution in [2.75, 3.05) is 23.3 Å². The normalized spacial score (nSPS) is 16.8. The molecule has 1 aliphatic rings. The van der Waals surface area contributed by atoms with Gasteiger partial charge in [0.1, 0.15) is 5.69 Å². The molecule has 1 saturated heterocycles.